The van der Waals surface area contributed by atoms with Crippen molar-refractivity contribution in [3.8, 4) is 0 Å². The number of rotatable bonds is 4. The molecule has 0 radical (unpaired) electrons. The first kappa shape index (κ1) is 11.9. The van der Waals surface area contributed by atoms with Crippen LogP contribution in [0.2, 0.25) is 0 Å². The summed E-state index contributed by atoms with van der Waals surface area (Å²) in [6, 6.07) is 0.568. The van der Waals surface area contributed by atoms with E-state index in [1.165, 1.54) is 0 Å². The van der Waals surface area contributed by atoms with E-state index >= 15 is 0 Å². The van der Waals surface area contributed by atoms with Crippen molar-refractivity contribution < 1.29 is 14.6 Å². The normalized spacial score (nSPS) is 35.7. The largest absolute Gasteiger partial charge is 0.481 e. The first-order valence-corrected chi connectivity index (χ1v) is 6.29. The van der Waals surface area contributed by atoms with Crippen LogP contribution in [-0.4, -0.2) is 47.8 Å². The van der Waals surface area contributed by atoms with Gasteiger partial charge in [-0.3, -0.25) is 9.69 Å². The molecular weight excluding hydrogens is 206 g/mol. The third-order valence-electron chi connectivity index (χ3n) is 3.79. The lowest BCUT2D eigenvalue weighted by molar-refractivity contribution is -0.144. The molecule has 1 unspecified atom stereocenters. The quantitative estimate of drug-likeness (QED) is 0.787. The zero-order valence-corrected chi connectivity index (χ0v) is 9.89. The number of hydrogen-bond donors (Lipinski definition) is 1. The predicted molar refractivity (Wildman–Crippen MR) is 60.4 cm³/mol. The van der Waals surface area contributed by atoms with Crippen molar-refractivity contribution in [1.82, 2.24) is 4.90 Å². The summed E-state index contributed by atoms with van der Waals surface area (Å²) in [7, 11) is 0. The van der Waals surface area contributed by atoms with E-state index in [1.807, 2.05) is 6.92 Å². The number of piperidine rings is 1. The lowest BCUT2D eigenvalue weighted by atomic mass is 9.85. The van der Waals surface area contributed by atoms with Crippen LogP contribution >= 0.6 is 0 Å². The number of ether oxygens (including phenoxy) is 1. The second-order valence-corrected chi connectivity index (χ2v) is 4.87. The summed E-state index contributed by atoms with van der Waals surface area (Å²) in [6.45, 7) is 4.61. The summed E-state index contributed by atoms with van der Waals surface area (Å²) in [6.07, 6.45) is 4.45. The van der Waals surface area contributed by atoms with Gasteiger partial charge < -0.3 is 9.84 Å². The highest BCUT2D eigenvalue weighted by atomic mass is 16.5. The van der Waals surface area contributed by atoms with Gasteiger partial charge in [-0.25, -0.2) is 0 Å². The zero-order valence-electron chi connectivity index (χ0n) is 9.89. The fourth-order valence-electron chi connectivity index (χ4n) is 2.75. The first-order chi connectivity index (χ1) is 7.70. The van der Waals surface area contributed by atoms with Crippen LogP contribution in [0.25, 0.3) is 0 Å². The highest BCUT2D eigenvalue weighted by molar-refractivity contribution is 5.70. The Balaban J connectivity index is 1.76. The van der Waals surface area contributed by atoms with Gasteiger partial charge in [0.25, 0.3) is 0 Å². The van der Waals surface area contributed by atoms with Gasteiger partial charge in [-0.1, -0.05) is 0 Å². The Hall–Kier alpha value is -0.610. The van der Waals surface area contributed by atoms with Crippen molar-refractivity contribution in [2.75, 3.05) is 19.7 Å². The maximum atomic E-state index is 10.9. The molecule has 2 aliphatic rings. The van der Waals surface area contributed by atoms with Crippen LogP contribution in [0.5, 0.6) is 0 Å². The number of aliphatic carboxylic acids is 1. The van der Waals surface area contributed by atoms with Gasteiger partial charge in [0.1, 0.15) is 0 Å². The van der Waals surface area contributed by atoms with Gasteiger partial charge in [-0.15, -0.1) is 0 Å². The van der Waals surface area contributed by atoms with E-state index in [-0.39, 0.29) is 5.92 Å². The van der Waals surface area contributed by atoms with Gasteiger partial charge in [0.15, 0.2) is 0 Å². The summed E-state index contributed by atoms with van der Waals surface area (Å²) < 4.78 is 5.53. The van der Waals surface area contributed by atoms with Crippen LogP contribution < -0.4 is 0 Å². The molecule has 1 heterocycles. The Morgan fingerprint density at radius 3 is 2.88 bits per heavy atom. The van der Waals surface area contributed by atoms with Crippen LogP contribution in [0.1, 0.15) is 32.6 Å². The van der Waals surface area contributed by atoms with Crippen LogP contribution in [0.3, 0.4) is 0 Å². The van der Waals surface area contributed by atoms with E-state index in [1.54, 1.807) is 0 Å². The lowest BCUT2D eigenvalue weighted by Crippen LogP contribution is -2.52. The maximum Gasteiger partial charge on any atom is 0.307 e. The molecule has 0 bridgehead atoms. The monoisotopic (exact) mass is 227 g/mol. The lowest BCUT2D eigenvalue weighted by Gasteiger charge is -2.45. The molecule has 92 valence electrons. The average Bonchev–Trinajstić information content (AvgIpc) is 2.23. The van der Waals surface area contributed by atoms with Gasteiger partial charge in [0.2, 0.25) is 0 Å². The van der Waals surface area contributed by atoms with Crippen molar-refractivity contribution in [3.63, 3.8) is 0 Å². The van der Waals surface area contributed by atoms with E-state index in [2.05, 4.69) is 4.90 Å². The molecular formula is C12H21NO3. The molecule has 0 aromatic carbocycles. The molecule has 0 amide bonds. The Morgan fingerprint density at radius 1 is 1.50 bits per heavy atom. The van der Waals surface area contributed by atoms with Crippen LogP contribution in [-0.2, 0) is 9.53 Å². The van der Waals surface area contributed by atoms with Gasteiger partial charge in [0, 0.05) is 19.2 Å². The zero-order chi connectivity index (χ0) is 11.5. The number of hydrogen-bond acceptors (Lipinski definition) is 3. The topological polar surface area (TPSA) is 49.8 Å². The molecule has 1 aliphatic heterocycles. The summed E-state index contributed by atoms with van der Waals surface area (Å²) in [5, 5.41) is 9.01. The molecule has 0 aromatic rings. The Morgan fingerprint density at radius 2 is 2.25 bits per heavy atom. The molecule has 1 N–H and O–H groups in total. The maximum absolute atomic E-state index is 10.9. The Kier molecular flexibility index (Phi) is 3.82. The Labute approximate surface area is 96.6 Å². The van der Waals surface area contributed by atoms with Crippen molar-refractivity contribution in [2.24, 2.45) is 5.92 Å². The Bertz CT molecular complexity index is 251. The molecule has 4 nitrogen and oxygen atoms in total. The molecule has 1 aliphatic carbocycles. The predicted octanol–water partition coefficient (Wildman–Crippen LogP) is 1.35. The molecule has 2 fully saturated rings. The van der Waals surface area contributed by atoms with Gasteiger partial charge >= 0.3 is 5.97 Å². The molecule has 1 saturated carbocycles. The molecule has 4 heteroatoms. The van der Waals surface area contributed by atoms with Crippen LogP contribution in [0.4, 0.5) is 0 Å². The summed E-state index contributed by atoms with van der Waals surface area (Å²) >= 11 is 0. The number of nitrogens with zero attached hydrogens (tertiary/aromatic N) is 1. The standard InChI is InChI=1S/C12H21NO3/c1-2-16-11-6-10(7-11)13-5-3-4-9(8-13)12(14)15/h9-11H,2-8H2,1H3,(H,14,15). The molecule has 0 aromatic heterocycles. The van der Waals surface area contributed by atoms with E-state index in [9.17, 15) is 4.79 Å². The minimum absolute atomic E-state index is 0.153. The fourth-order valence-corrected chi connectivity index (χ4v) is 2.75. The van der Waals surface area contributed by atoms with Crippen LogP contribution in [0, 0.1) is 5.92 Å². The molecule has 1 atom stereocenters. The van der Waals surface area contributed by atoms with Crippen LogP contribution in [0.15, 0.2) is 0 Å². The highest BCUT2D eigenvalue weighted by Gasteiger charge is 2.37. The van der Waals surface area contributed by atoms with Crippen molar-refractivity contribution in [1.29, 1.82) is 0 Å². The number of carbonyl (C=O) groups is 1. The van der Waals surface area contributed by atoms with Gasteiger partial charge in [0.05, 0.1) is 12.0 Å². The minimum atomic E-state index is -0.634. The van der Waals surface area contributed by atoms with Gasteiger partial charge in [-0.2, -0.15) is 0 Å². The summed E-state index contributed by atoms with van der Waals surface area (Å²) in [4.78, 5) is 13.3. The second kappa shape index (κ2) is 5.15. The summed E-state index contributed by atoms with van der Waals surface area (Å²) in [5.41, 5.74) is 0. The van der Waals surface area contributed by atoms with Crippen molar-refractivity contribution in [3.05, 3.63) is 0 Å². The minimum Gasteiger partial charge on any atom is -0.481 e. The molecule has 0 spiro atoms. The second-order valence-electron chi connectivity index (χ2n) is 4.87. The van der Waals surface area contributed by atoms with Crippen molar-refractivity contribution in [2.45, 2.75) is 44.8 Å². The third-order valence-corrected chi connectivity index (χ3v) is 3.79. The van der Waals surface area contributed by atoms with E-state index in [0.717, 1.165) is 45.4 Å². The van der Waals surface area contributed by atoms with E-state index in [0.29, 0.717) is 12.1 Å². The summed E-state index contributed by atoms with van der Waals surface area (Å²) in [5.74, 6) is -0.787. The number of carboxylic acid groups (broad SMARTS) is 1. The van der Waals surface area contributed by atoms with E-state index < -0.39 is 5.97 Å². The van der Waals surface area contributed by atoms with E-state index in [4.69, 9.17) is 9.84 Å². The third kappa shape index (κ3) is 2.55. The van der Waals surface area contributed by atoms with Crippen molar-refractivity contribution >= 4 is 5.97 Å². The number of carboxylic acids is 1. The number of likely N-dealkylation sites (tertiary alicyclic amines) is 1. The van der Waals surface area contributed by atoms with Gasteiger partial charge in [-0.05, 0) is 39.2 Å². The molecule has 16 heavy (non-hydrogen) atoms. The first-order valence-electron chi connectivity index (χ1n) is 6.29. The smallest absolute Gasteiger partial charge is 0.307 e. The average molecular weight is 227 g/mol. The molecule has 1 saturated heterocycles. The highest BCUT2D eigenvalue weighted by Crippen LogP contribution is 2.31. The fraction of sp³-hybridized carbons (Fsp3) is 0.917. The molecule has 2 rings (SSSR count). The SMILES string of the molecule is CCOC1CC(N2CCCC(C(=O)O)C2)C1.